The molecule has 1 aromatic rings. The highest BCUT2D eigenvalue weighted by molar-refractivity contribution is 5.46. The number of aliphatic hydroxyl groups excluding tert-OH is 1. The van der Waals surface area contributed by atoms with Crippen LogP contribution in [-0.4, -0.2) is 5.11 Å². The van der Waals surface area contributed by atoms with E-state index in [1.165, 1.54) is 0 Å². The predicted octanol–water partition coefficient (Wildman–Crippen LogP) is 2.11. The molecule has 0 bridgehead atoms. The third-order valence-electron chi connectivity index (χ3n) is 1.61. The first kappa shape index (κ1) is 9.85. The van der Waals surface area contributed by atoms with E-state index in [1.54, 1.807) is 0 Å². The van der Waals surface area contributed by atoms with E-state index in [9.17, 15) is 13.2 Å². The van der Waals surface area contributed by atoms with Crippen molar-refractivity contribution < 1.29 is 18.3 Å². The monoisotopic (exact) mass is 190 g/mol. The van der Waals surface area contributed by atoms with E-state index in [0.717, 1.165) is 12.1 Å². The highest BCUT2D eigenvalue weighted by Crippen LogP contribution is 2.31. The predicted molar refractivity (Wildman–Crippen MR) is 40.1 cm³/mol. The van der Waals surface area contributed by atoms with Gasteiger partial charge in [-0.1, -0.05) is 6.07 Å². The first-order valence-corrected chi connectivity index (χ1v) is 3.47. The maximum absolute atomic E-state index is 12.1. The van der Waals surface area contributed by atoms with Gasteiger partial charge in [0.15, 0.2) is 0 Å². The molecule has 0 saturated carbocycles. The summed E-state index contributed by atoms with van der Waals surface area (Å²) >= 11 is 0. The summed E-state index contributed by atoms with van der Waals surface area (Å²) in [6.07, 6.45) is -4.43. The van der Waals surface area contributed by atoms with Gasteiger partial charge in [-0.3, -0.25) is 0 Å². The average molecular weight is 190 g/mol. The van der Waals surface area contributed by atoms with E-state index < -0.39 is 18.3 Å². The molecule has 0 atom stereocenters. The van der Waals surface area contributed by atoms with Crippen LogP contribution in [0.15, 0.2) is 18.2 Å². The van der Waals surface area contributed by atoms with Crippen molar-refractivity contribution in [2.45, 2.75) is 12.8 Å². The number of aliphatic hydroxyl groups is 1. The van der Waals surface area contributed by atoms with E-state index in [4.69, 9.17) is 10.8 Å². The van der Waals surface area contributed by atoms with E-state index in [1.807, 2.05) is 0 Å². The summed E-state index contributed by atoms with van der Waals surface area (Å²) in [5.74, 6) is 0. The zero-order valence-electron chi connectivity index (χ0n) is 6.52. The summed E-state index contributed by atoms with van der Waals surface area (Å²) in [7, 11) is 0. The van der Waals surface area contributed by atoms with Gasteiger partial charge in [0.25, 0.3) is 0 Å². The van der Waals surface area contributed by atoms with Gasteiger partial charge < -0.3 is 10.8 Å². The average Bonchev–Trinajstić information content (AvgIpc) is 2.02. The molecule has 2 N–H and O–H groups in total. The van der Waals surface area contributed by atoms with Crippen molar-refractivity contribution >= 4 is 5.69 Å². The van der Waals surface area contributed by atoms with Crippen molar-refractivity contribution in [1.82, 2.24) is 5.73 Å². The number of hydrogen-bond donors (Lipinski definition) is 1. The molecule has 0 aliphatic rings. The smallest absolute Gasteiger partial charge is 0.392 e. The second-order valence-electron chi connectivity index (χ2n) is 2.53. The molecule has 0 saturated heterocycles. The summed E-state index contributed by atoms with van der Waals surface area (Å²) < 4.78 is 36.2. The van der Waals surface area contributed by atoms with E-state index in [0.29, 0.717) is 6.07 Å². The first-order chi connectivity index (χ1) is 5.95. The second kappa shape index (κ2) is 3.26. The highest BCUT2D eigenvalue weighted by atomic mass is 19.4. The van der Waals surface area contributed by atoms with Crippen molar-refractivity contribution in [3.05, 3.63) is 29.3 Å². The SMILES string of the molecule is [NH]c1cc(C(F)(F)F)ccc1CO. The van der Waals surface area contributed by atoms with Crippen LogP contribution in [0.3, 0.4) is 0 Å². The molecule has 0 unspecified atom stereocenters. The quantitative estimate of drug-likeness (QED) is 0.724. The van der Waals surface area contributed by atoms with Crippen LogP contribution in [0.25, 0.3) is 0 Å². The summed E-state index contributed by atoms with van der Waals surface area (Å²) in [5.41, 5.74) is 6.16. The minimum absolute atomic E-state index is 0.188. The molecule has 0 fully saturated rings. The molecule has 1 aromatic carbocycles. The molecule has 0 spiro atoms. The van der Waals surface area contributed by atoms with Gasteiger partial charge in [-0.05, 0) is 12.1 Å². The Morgan fingerprint density at radius 2 is 1.92 bits per heavy atom. The van der Waals surface area contributed by atoms with Crippen molar-refractivity contribution in [2.75, 3.05) is 0 Å². The Kier molecular flexibility index (Phi) is 2.47. The maximum Gasteiger partial charge on any atom is 0.416 e. The molecule has 0 aliphatic heterocycles. The fourth-order valence-corrected chi connectivity index (χ4v) is 0.891. The minimum atomic E-state index is -4.43. The lowest BCUT2D eigenvalue weighted by atomic mass is 10.1. The molecule has 0 amide bonds. The molecule has 1 rings (SSSR count). The molecule has 13 heavy (non-hydrogen) atoms. The van der Waals surface area contributed by atoms with Gasteiger partial charge in [-0.2, -0.15) is 13.2 Å². The molecule has 2 nitrogen and oxygen atoms in total. The van der Waals surface area contributed by atoms with E-state index >= 15 is 0 Å². The van der Waals surface area contributed by atoms with Crippen LogP contribution in [0.2, 0.25) is 0 Å². The van der Waals surface area contributed by atoms with Gasteiger partial charge >= 0.3 is 6.18 Å². The first-order valence-electron chi connectivity index (χ1n) is 3.47. The largest absolute Gasteiger partial charge is 0.416 e. The van der Waals surface area contributed by atoms with Crippen LogP contribution in [0.5, 0.6) is 0 Å². The Hall–Kier alpha value is -1.23. The van der Waals surface area contributed by atoms with Crippen molar-refractivity contribution in [1.29, 1.82) is 0 Å². The van der Waals surface area contributed by atoms with Crippen LogP contribution >= 0.6 is 0 Å². The highest BCUT2D eigenvalue weighted by Gasteiger charge is 2.30. The van der Waals surface area contributed by atoms with Gasteiger partial charge in [0.05, 0.1) is 17.9 Å². The van der Waals surface area contributed by atoms with Crippen LogP contribution < -0.4 is 5.73 Å². The lowest BCUT2D eigenvalue weighted by Crippen LogP contribution is -2.05. The molecule has 0 aliphatic carbocycles. The fourth-order valence-electron chi connectivity index (χ4n) is 0.891. The zero-order chi connectivity index (χ0) is 10.1. The molecule has 1 radical (unpaired) electrons. The topological polar surface area (TPSA) is 44.0 Å². The van der Waals surface area contributed by atoms with Crippen molar-refractivity contribution in [2.24, 2.45) is 0 Å². The van der Waals surface area contributed by atoms with Crippen LogP contribution in [0.1, 0.15) is 11.1 Å². The Balaban J connectivity index is 3.10. The maximum atomic E-state index is 12.1. The normalized spacial score (nSPS) is 11.7. The summed E-state index contributed by atoms with van der Waals surface area (Å²) in [6, 6.07) is 2.65. The molecule has 71 valence electrons. The second-order valence-corrected chi connectivity index (χ2v) is 2.53. The van der Waals surface area contributed by atoms with E-state index in [-0.39, 0.29) is 11.3 Å². The third kappa shape index (κ3) is 2.12. The Bertz CT molecular complexity index is 309. The standard InChI is InChI=1S/C8H7F3NO/c9-8(10,11)6-2-1-5(4-13)7(12)3-6/h1-3,12-13H,4H2. The van der Waals surface area contributed by atoms with Crippen molar-refractivity contribution in [3.8, 4) is 0 Å². The van der Waals surface area contributed by atoms with Gasteiger partial charge in [0, 0.05) is 5.56 Å². The third-order valence-corrected chi connectivity index (χ3v) is 1.61. The number of alkyl halides is 3. The number of nitrogens with one attached hydrogen (secondary N) is 1. The van der Waals surface area contributed by atoms with Crippen LogP contribution in [-0.2, 0) is 12.8 Å². The van der Waals surface area contributed by atoms with Crippen LogP contribution in [0, 0.1) is 0 Å². The Labute approximate surface area is 72.8 Å². The van der Waals surface area contributed by atoms with Gasteiger partial charge in [0.2, 0.25) is 0 Å². The number of halogens is 3. The zero-order valence-corrected chi connectivity index (χ0v) is 6.52. The molecular formula is C8H7F3NO. The molecule has 5 heteroatoms. The number of benzene rings is 1. The fraction of sp³-hybridized carbons (Fsp3) is 0.250. The van der Waals surface area contributed by atoms with Gasteiger partial charge in [0.1, 0.15) is 0 Å². The number of rotatable bonds is 1. The summed E-state index contributed by atoms with van der Waals surface area (Å²) in [6.45, 7) is -0.420. The van der Waals surface area contributed by atoms with E-state index in [2.05, 4.69) is 0 Å². The van der Waals surface area contributed by atoms with Gasteiger partial charge in [-0.15, -0.1) is 0 Å². The minimum Gasteiger partial charge on any atom is -0.392 e. The molecule has 0 aromatic heterocycles. The number of hydrogen-bond acceptors (Lipinski definition) is 1. The Morgan fingerprint density at radius 1 is 1.31 bits per heavy atom. The molecular weight excluding hydrogens is 183 g/mol. The van der Waals surface area contributed by atoms with Crippen LogP contribution in [0.4, 0.5) is 18.9 Å². The molecule has 0 heterocycles. The van der Waals surface area contributed by atoms with Crippen molar-refractivity contribution in [3.63, 3.8) is 0 Å². The summed E-state index contributed by atoms with van der Waals surface area (Å²) in [5, 5.41) is 8.61. The van der Waals surface area contributed by atoms with Gasteiger partial charge in [-0.25, -0.2) is 0 Å². The lowest BCUT2D eigenvalue weighted by Gasteiger charge is -2.08. The lowest BCUT2D eigenvalue weighted by molar-refractivity contribution is -0.137. The summed E-state index contributed by atoms with van der Waals surface area (Å²) in [4.78, 5) is 0. The Morgan fingerprint density at radius 3 is 2.31 bits per heavy atom.